The highest BCUT2D eigenvalue weighted by molar-refractivity contribution is 8.00. The highest BCUT2D eigenvalue weighted by atomic mass is 32.2. The van der Waals surface area contributed by atoms with Crippen LogP contribution in [0.15, 0.2) is 0 Å². The molecule has 104 valence electrons. The van der Waals surface area contributed by atoms with Crippen LogP contribution in [0.2, 0.25) is 0 Å². The third-order valence-electron chi connectivity index (χ3n) is 4.90. The molecule has 2 heterocycles. The molecule has 0 bridgehead atoms. The van der Waals surface area contributed by atoms with E-state index in [1.807, 2.05) is 0 Å². The molecule has 2 aliphatic heterocycles. The third kappa shape index (κ3) is 2.45. The SMILES string of the molecule is CC1CN(C2(CN)CCN(C3CC3)C2)CC(C)S1. The van der Waals surface area contributed by atoms with Crippen molar-refractivity contribution in [3.8, 4) is 0 Å². The van der Waals surface area contributed by atoms with Gasteiger partial charge < -0.3 is 5.73 Å². The quantitative estimate of drug-likeness (QED) is 0.839. The zero-order chi connectivity index (χ0) is 12.8. The van der Waals surface area contributed by atoms with E-state index in [1.165, 1.54) is 45.4 Å². The van der Waals surface area contributed by atoms with Crippen LogP contribution in [0.4, 0.5) is 0 Å². The molecule has 3 fully saturated rings. The van der Waals surface area contributed by atoms with Crippen molar-refractivity contribution in [2.24, 2.45) is 5.73 Å². The topological polar surface area (TPSA) is 32.5 Å². The number of hydrogen-bond donors (Lipinski definition) is 1. The third-order valence-corrected chi connectivity index (χ3v) is 6.12. The van der Waals surface area contributed by atoms with Crippen LogP contribution in [-0.4, -0.2) is 64.6 Å². The number of nitrogens with two attached hydrogens (primary N) is 1. The number of likely N-dealkylation sites (tertiary alicyclic amines) is 1. The first-order valence-corrected chi connectivity index (χ1v) is 8.42. The molecular formula is C14H27N3S. The highest BCUT2D eigenvalue weighted by Gasteiger charge is 2.47. The first kappa shape index (κ1) is 13.2. The van der Waals surface area contributed by atoms with E-state index >= 15 is 0 Å². The molecule has 3 atom stereocenters. The van der Waals surface area contributed by atoms with Crippen molar-refractivity contribution in [3.05, 3.63) is 0 Å². The van der Waals surface area contributed by atoms with Gasteiger partial charge in [0.1, 0.15) is 0 Å². The molecule has 0 aromatic rings. The minimum atomic E-state index is 0.284. The number of thioether (sulfide) groups is 1. The number of rotatable bonds is 3. The van der Waals surface area contributed by atoms with Crippen molar-refractivity contribution in [1.82, 2.24) is 9.80 Å². The summed E-state index contributed by atoms with van der Waals surface area (Å²) in [5.74, 6) is 0. The Hall–Kier alpha value is 0.230. The van der Waals surface area contributed by atoms with Crippen molar-refractivity contribution in [2.75, 3.05) is 32.7 Å². The fraction of sp³-hybridized carbons (Fsp3) is 1.00. The summed E-state index contributed by atoms with van der Waals surface area (Å²) < 4.78 is 0. The fourth-order valence-corrected chi connectivity index (χ4v) is 5.08. The molecule has 3 nitrogen and oxygen atoms in total. The van der Waals surface area contributed by atoms with Crippen LogP contribution in [0.25, 0.3) is 0 Å². The van der Waals surface area contributed by atoms with Crippen LogP contribution in [0.5, 0.6) is 0 Å². The summed E-state index contributed by atoms with van der Waals surface area (Å²) >= 11 is 2.14. The Kier molecular flexibility index (Phi) is 3.65. The molecule has 1 aliphatic carbocycles. The maximum absolute atomic E-state index is 6.20. The second kappa shape index (κ2) is 4.97. The molecule has 18 heavy (non-hydrogen) atoms. The van der Waals surface area contributed by atoms with E-state index in [9.17, 15) is 0 Å². The Labute approximate surface area is 115 Å². The summed E-state index contributed by atoms with van der Waals surface area (Å²) in [5, 5.41) is 1.51. The monoisotopic (exact) mass is 269 g/mol. The van der Waals surface area contributed by atoms with Gasteiger partial charge in [-0.2, -0.15) is 11.8 Å². The van der Waals surface area contributed by atoms with E-state index in [1.54, 1.807) is 0 Å². The van der Waals surface area contributed by atoms with Gasteiger partial charge in [0.15, 0.2) is 0 Å². The van der Waals surface area contributed by atoms with E-state index in [0.717, 1.165) is 23.1 Å². The molecule has 1 saturated carbocycles. The minimum absolute atomic E-state index is 0.284. The molecule has 0 amide bonds. The Morgan fingerprint density at radius 3 is 2.44 bits per heavy atom. The zero-order valence-corrected chi connectivity index (χ0v) is 12.6. The van der Waals surface area contributed by atoms with E-state index < -0.39 is 0 Å². The molecular weight excluding hydrogens is 242 g/mol. The van der Waals surface area contributed by atoms with Gasteiger partial charge >= 0.3 is 0 Å². The molecule has 3 rings (SSSR count). The number of hydrogen-bond acceptors (Lipinski definition) is 4. The van der Waals surface area contributed by atoms with E-state index in [4.69, 9.17) is 5.73 Å². The van der Waals surface area contributed by atoms with Crippen LogP contribution in [0.3, 0.4) is 0 Å². The molecule has 3 aliphatic rings. The summed E-state index contributed by atoms with van der Waals surface area (Å²) in [6.07, 6.45) is 4.12. The molecule has 2 N–H and O–H groups in total. The van der Waals surface area contributed by atoms with Crippen molar-refractivity contribution in [3.63, 3.8) is 0 Å². The van der Waals surface area contributed by atoms with Crippen LogP contribution >= 0.6 is 11.8 Å². The van der Waals surface area contributed by atoms with Gasteiger partial charge in [-0.05, 0) is 19.3 Å². The van der Waals surface area contributed by atoms with Gasteiger partial charge in [-0.1, -0.05) is 13.8 Å². The largest absolute Gasteiger partial charge is 0.329 e. The molecule has 2 saturated heterocycles. The van der Waals surface area contributed by atoms with Gasteiger partial charge in [0, 0.05) is 54.8 Å². The fourth-order valence-electron chi connectivity index (χ4n) is 3.76. The van der Waals surface area contributed by atoms with Crippen LogP contribution in [0, 0.1) is 0 Å². The number of nitrogens with zero attached hydrogens (tertiary/aromatic N) is 2. The lowest BCUT2D eigenvalue weighted by molar-refractivity contribution is 0.0956. The first-order valence-electron chi connectivity index (χ1n) is 7.47. The van der Waals surface area contributed by atoms with E-state index in [-0.39, 0.29) is 5.54 Å². The summed E-state index contributed by atoms with van der Waals surface area (Å²) in [6, 6.07) is 0.896. The van der Waals surface area contributed by atoms with Crippen molar-refractivity contribution < 1.29 is 0 Å². The van der Waals surface area contributed by atoms with Crippen LogP contribution < -0.4 is 5.73 Å². The van der Waals surface area contributed by atoms with Gasteiger partial charge in [0.05, 0.1) is 0 Å². The molecule has 0 radical (unpaired) electrons. The van der Waals surface area contributed by atoms with E-state index in [2.05, 4.69) is 35.4 Å². The van der Waals surface area contributed by atoms with Crippen molar-refractivity contribution in [2.45, 2.75) is 55.2 Å². The average molecular weight is 269 g/mol. The predicted molar refractivity (Wildman–Crippen MR) is 79.1 cm³/mol. The van der Waals surface area contributed by atoms with Gasteiger partial charge in [0.25, 0.3) is 0 Å². The second-order valence-corrected chi connectivity index (χ2v) is 8.42. The van der Waals surface area contributed by atoms with Crippen LogP contribution in [0.1, 0.15) is 33.1 Å². The Morgan fingerprint density at radius 1 is 1.22 bits per heavy atom. The molecule has 0 aromatic heterocycles. The predicted octanol–water partition coefficient (Wildman–Crippen LogP) is 1.38. The minimum Gasteiger partial charge on any atom is -0.329 e. The Bertz CT molecular complexity index is 297. The Balaban J connectivity index is 1.70. The lowest BCUT2D eigenvalue weighted by Gasteiger charge is -2.46. The molecule has 0 spiro atoms. The van der Waals surface area contributed by atoms with Gasteiger partial charge in [-0.25, -0.2) is 0 Å². The normalized spacial score (nSPS) is 43.5. The summed E-state index contributed by atoms with van der Waals surface area (Å²) in [4.78, 5) is 5.42. The standard InChI is InChI=1S/C14H27N3S/c1-11-7-17(8-12(2)18-11)14(9-15)5-6-16(10-14)13-3-4-13/h11-13H,3-10,15H2,1-2H3. The molecule has 3 unspecified atom stereocenters. The van der Waals surface area contributed by atoms with Crippen molar-refractivity contribution in [1.29, 1.82) is 0 Å². The smallest absolute Gasteiger partial charge is 0.0471 e. The molecule has 4 heteroatoms. The van der Waals surface area contributed by atoms with E-state index in [0.29, 0.717) is 0 Å². The van der Waals surface area contributed by atoms with Gasteiger partial charge in [-0.3, -0.25) is 9.80 Å². The Morgan fingerprint density at radius 2 is 1.89 bits per heavy atom. The average Bonchev–Trinajstić information content (AvgIpc) is 3.08. The van der Waals surface area contributed by atoms with Gasteiger partial charge in [-0.15, -0.1) is 0 Å². The second-order valence-electron chi connectivity index (χ2n) is 6.54. The maximum Gasteiger partial charge on any atom is 0.0471 e. The zero-order valence-electron chi connectivity index (χ0n) is 11.8. The summed E-state index contributed by atoms with van der Waals surface area (Å²) in [6.45, 7) is 10.5. The summed E-state index contributed by atoms with van der Waals surface area (Å²) in [5.41, 5.74) is 6.48. The lowest BCUT2D eigenvalue weighted by atomic mass is 9.95. The molecule has 0 aromatic carbocycles. The highest BCUT2D eigenvalue weighted by Crippen LogP contribution is 2.38. The van der Waals surface area contributed by atoms with Crippen LogP contribution in [-0.2, 0) is 0 Å². The lowest BCUT2D eigenvalue weighted by Crippen LogP contribution is -2.60. The van der Waals surface area contributed by atoms with Crippen molar-refractivity contribution >= 4 is 11.8 Å². The maximum atomic E-state index is 6.20. The van der Waals surface area contributed by atoms with Gasteiger partial charge in [0.2, 0.25) is 0 Å². The summed E-state index contributed by atoms with van der Waals surface area (Å²) in [7, 11) is 0. The first-order chi connectivity index (χ1) is 8.63.